The van der Waals surface area contributed by atoms with Gasteiger partial charge in [0.2, 0.25) is 0 Å². The Morgan fingerprint density at radius 2 is 2.12 bits per heavy atom. The molecule has 1 N–H and O–H groups in total. The van der Waals surface area contributed by atoms with Crippen molar-refractivity contribution in [2.75, 3.05) is 5.32 Å². The standard InChI is InChI=1S/C16H13BrCl2FN5O/c1-2-25-14(12(19)6-21-25)16(26)22-15-10(17)8-24(23-15)7-9-11(18)4-3-5-13(9)20/h3-6,8H,2,7H2,1H3,(H,22,23,26). The zero-order chi connectivity index (χ0) is 18.8. The minimum Gasteiger partial charge on any atom is -0.303 e. The molecule has 0 bridgehead atoms. The third-order valence-corrected chi connectivity index (χ3v) is 4.85. The fraction of sp³-hybridized carbons (Fsp3) is 0.188. The first-order valence-electron chi connectivity index (χ1n) is 7.59. The number of benzene rings is 1. The monoisotopic (exact) mass is 459 g/mol. The summed E-state index contributed by atoms with van der Waals surface area (Å²) in [5.74, 6) is -0.583. The maximum Gasteiger partial charge on any atom is 0.276 e. The number of hydrogen-bond donors (Lipinski definition) is 1. The van der Waals surface area contributed by atoms with Crippen LogP contribution in [0.3, 0.4) is 0 Å². The predicted molar refractivity (Wildman–Crippen MR) is 101 cm³/mol. The molecule has 3 aromatic rings. The lowest BCUT2D eigenvalue weighted by atomic mass is 10.2. The second-order valence-electron chi connectivity index (χ2n) is 5.33. The topological polar surface area (TPSA) is 64.7 Å². The second-order valence-corrected chi connectivity index (χ2v) is 7.00. The smallest absolute Gasteiger partial charge is 0.276 e. The van der Waals surface area contributed by atoms with Crippen molar-refractivity contribution >= 4 is 50.9 Å². The molecule has 2 heterocycles. The summed E-state index contributed by atoms with van der Waals surface area (Å²) in [6, 6.07) is 4.47. The van der Waals surface area contributed by atoms with Crippen molar-refractivity contribution in [2.24, 2.45) is 0 Å². The lowest BCUT2D eigenvalue weighted by molar-refractivity contribution is 0.101. The highest BCUT2D eigenvalue weighted by molar-refractivity contribution is 9.10. The number of nitrogens with one attached hydrogen (secondary N) is 1. The summed E-state index contributed by atoms with van der Waals surface area (Å²) in [5.41, 5.74) is 0.557. The van der Waals surface area contributed by atoms with Gasteiger partial charge in [-0.3, -0.25) is 14.2 Å². The van der Waals surface area contributed by atoms with E-state index in [-0.39, 0.29) is 23.1 Å². The third kappa shape index (κ3) is 3.77. The van der Waals surface area contributed by atoms with Crippen LogP contribution in [0.5, 0.6) is 0 Å². The molecule has 10 heteroatoms. The first-order valence-corrected chi connectivity index (χ1v) is 9.14. The summed E-state index contributed by atoms with van der Waals surface area (Å²) in [5, 5.41) is 11.5. The van der Waals surface area contributed by atoms with Crippen LogP contribution in [0.2, 0.25) is 10.0 Å². The normalized spacial score (nSPS) is 11.0. The number of nitrogens with zero attached hydrogens (tertiary/aromatic N) is 4. The molecule has 0 aliphatic heterocycles. The van der Waals surface area contributed by atoms with Crippen LogP contribution >= 0.6 is 39.1 Å². The van der Waals surface area contributed by atoms with Crippen LogP contribution in [0.25, 0.3) is 0 Å². The number of anilines is 1. The van der Waals surface area contributed by atoms with E-state index >= 15 is 0 Å². The van der Waals surface area contributed by atoms with Crippen LogP contribution in [0.1, 0.15) is 23.0 Å². The number of amides is 1. The van der Waals surface area contributed by atoms with Crippen LogP contribution in [0, 0.1) is 5.82 Å². The Morgan fingerprint density at radius 1 is 1.35 bits per heavy atom. The fourth-order valence-electron chi connectivity index (χ4n) is 2.40. The molecule has 0 saturated heterocycles. The predicted octanol–water partition coefficient (Wildman–Crippen LogP) is 4.61. The molecule has 2 aromatic heterocycles. The zero-order valence-electron chi connectivity index (χ0n) is 13.5. The SMILES string of the molecule is CCn1ncc(Cl)c1C(=O)Nc1nn(Cc2c(F)cccc2Cl)cc1Br. The Hall–Kier alpha value is -1.90. The second kappa shape index (κ2) is 7.77. The van der Waals surface area contributed by atoms with E-state index in [9.17, 15) is 9.18 Å². The molecule has 0 spiro atoms. The quantitative estimate of drug-likeness (QED) is 0.604. The van der Waals surface area contributed by atoms with E-state index in [1.165, 1.54) is 27.7 Å². The molecule has 3 rings (SSSR count). The molecule has 0 aliphatic rings. The van der Waals surface area contributed by atoms with Gasteiger partial charge in [-0.2, -0.15) is 10.2 Å². The molecule has 0 radical (unpaired) electrons. The summed E-state index contributed by atoms with van der Waals surface area (Å²) >= 11 is 15.4. The molecule has 0 saturated carbocycles. The first kappa shape index (κ1) is 18.9. The van der Waals surface area contributed by atoms with E-state index in [2.05, 4.69) is 31.4 Å². The molecule has 0 atom stereocenters. The molecular weight excluding hydrogens is 448 g/mol. The molecule has 1 amide bonds. The highest BCUT2D eigenvalue weighted by atomic mass is 79.9. The van der Waals surface area contributed by atoms with E-state index in [1.54, 1.807) is 12.3 Å². The highest BCUT2D eigenvalue weighted by Gasteiger charge is 2.19. The molecule has 26 heavy (non-hydrogen) atoms. The van der Waals surface area contributed by atoms with Crippen LogP contribution in [0.4, 0.5) is 10.2 Å². The molecular formula is C16H13BrCl2FN5O. The largest absolute Gasteiger partial charge is 0.303 e. The van der Waals surface area contributed by atoms with E-state index in [0.29, 0.717) is 21.6 Å². The Bertz CT molecular complexity index is 951. The Balaban J connectivity index is 1.82. The van der Waals surface area contributed by atoms with Gasteiger partial charge in [0.25, 0.3) is 5.91 Å². The van der Waals surface area contributed by atoms with Crippen molar-refractivity contribution in [3.8, 4) is 0 Å². The van der Waals surface area contributed by atoms with Crippen LogP contribution in [0.15, 0.2) is 35.1 Å². The average molecular weight is 461 g/mol. The summed E-state index contributed by atoms with van der Waals surface area (Å²) in [4.78, 5) is 12.5. The van der Waals surface area contributed by atoms with Crippen molar-refractivity contribution < 1.29 is 9.18 Å². The Kier molecular flexibility index (Phi) is 5.64. The first-order chi connectivity index (χ1) is 12.4. The van der Waals surface area contributed by atoms with Crippen molar-refractivity contribution in [3.05, 3.63) is 62.2 Å². The minimum atomic E-state index is -0.441. The number of carbonyl (C=O) groups is 1. The summed E-state index contributed by atoms with van der Waals surface area (Å²) in [6.07, 6.45) is 3.03. The van der Waals surface area contributed by atoms with Crippen LogP contribution < -0.4 is 5.32 Å². The Labute approximate surface area is 167 Å². The molecule has 0 fully saturated rings. The van der Waals surface area contributed by atoms with Gasteiger partial charge in [-0.25, -0.2) is 4.39 Å². The molecule has 0 unspecified atom stereocenters. The van der Waals surface area contributed by atoms with Gasteiger partial charge in [0.05, 0.1) is 22.2 Å². The maximum atomic E-state index is 13.9. The zero-order valence-corrected chi connectivity index (χ0v) is 16.6. The summed E-state index contributed by atoms with van der Waals surface area (Å²) in [7, 11) is 0. The number of halogens is 4. The number of hydrogen-bond acceptors (Lipinski definition) is 3. The van der Waals surface area contributed by atoms with Gasteiger partial charge < -0.3 is 5.32 Å². The van der Waals surface area contributed by atoms with Crippen LogP contribution in [-0.4, -0.2) is 25.5 Å². The molecule has 0 aliphatic carbocycles. The van der Waals surface area contributed by atoms with Crippen molar-refractivity contribution in [2.45, 2.75) is 20.0 Å². The lowest BCUT2D eigenvalue weighted by Gasteiger charge is -2.07. The molecule has 1 aromatic carbocycles. The minimum absolute atomic E-state index is 0.119. The van der Waals surface area contributed by atoms with Gasteiger partial charge in [-0.15, -0.1) is 0 Å². The number of rotatable bonds is 5. The number of aryl methyl sites for hydroxylation is 1. The highest BCUT2D eigenvalue weighted by Crippen LogP contribution is 2.25. The summed E-state index contributed by atoms with van der Waals surface area (Å²) in [6.45, 7) is 2.47. The lowest BCUT2D eigenvalue weighted by Crippen LogP contribution is -2.18. The van der Waals surface area contributed by atoms with Gasteiger partial charge in [-0.05, 0) is 35.0 Å². The van der Waals surface area contributed by atoms with E-state index in [0.717, 1.165) is 0 Å². The van der Waals surface area contributed by atoms with Crippen molar-refractivity contribution in [1.29, 1.82) is 0 Å². The van der Waals surface area contributed by atoms with Gasteiger partial charge >= 0.3 is 0 Å². The Morgan fingerprint density at radius 3 is 2.81 bits per heavy atom. The number of carbonyl (C=O) groups excluding carboxylic acids is 1. The number of aromatic nitrogens is 4. The van der Waals surface area contributed by atoms with Gasteiger partial charge in [0.1, 0.15) is 11.5 Å². The van der Waals surface area contributed by atoms with Gasteiger partial charge in [-0.1, -0.05) is 29.3 Å². The fourth-order valence-corrected chi connectivity index (χ4v) is 3.27. The van der Waals surface area contributed by atoms with E-state index in [4.69, 9.17) is 23.2 Å². The average Bonchev–Trinajstić information content (AvgIpc) is 3.13. The van der Waals surface area contributed by atoms with E-state index in [1.807, 2.05) is 6.92 Å². The molecule has 6 nitrogen and oxygen atoms in total. The third-order valence-electron chi connectivity index (χ3n) is 3.64. The maximum absolute atomic E-state index is 13.9. The molecule has 136 valence electrons. The van der Waals surface area contributed by atoms with Gasteiger partial charge in [0, 0.05) is 23.3 Å². The van der Waals surface area contributed by atoms with E-state index < -0.39 is 11.7 Å². The van der Waals surface area contributed by atoms with Crippen molar-refractivity contribution in [1.82, 2.24) is 19.6 Å². The summed E-state index contributed by atoms with van der Waals surface area (Å²) < 4.78 is 17.4. The van der Waals surface area contributed by atoms with Crippen molar-refractivity contribution in [3.63, 3.8) is 0 Å². The van der Waals surface area contributed by atoms with Crippen LogP contribution in [-0.2, 0) is 13.1 Å². The van der Waals surface area contributed by atoms with Gasteiger partial charge in [0.15, 0.2) is 5.82 Å².